The van der Waals surface area contributed by atoms with Crippen molar-refractivity contribution in [2.24, 2.45) is 0 Å². The zero-order chi connectivity index (χ0) is 31.6. The van der Waals surface area contributed by atoms with Gasteiger partial charge >= 0.3 is 18.6 Å². The highest BCUT2D eigenvalue weighted by Gasteiger charge is 2.55. The number of rotatable bonds is 14. The van der Waals surface area contributed by atoms with Crippen molar-refractivity contribution >= 4 is 36.7 Å². The molecule has 12 nitrogen and oxygen atoms in total. The Morgan fingerprint density at radius 3 is 2.37 bits per heavy atom. The number of carbonyl (C=O) groups is 3. The molecule has 14 heteroatoms. The summed E-state index contributed by atoms with van der Waals surface area (Å²) < 4.78 is 23.6. The summed E-state index contributed by atoms with van der Waals surface area (Å²) in [5, 5.41) is 27.6. The summed E-state index contributed by atoms with van der Waals surface area (Å²) in [5.41, 5.74) is -1.13. The Labute approximate surface area is 256 Å². The first-order valence-electron chi connectivity index (χ1n) is 13.6. The lowest BCUT2D eigenvalue weighted by atomic mass is 9.96. The number of carbonyl (C=O) groups excluding carboxylic acids is 3. The Morgan fingerprint density at radius 1 is 1.16 bits per heavy atom. The number of aldehydes is 1. The molecular formula is C29H38N3O9PS. The van der Waals surface area contributed by atoms with E-state index in [1.54, 1.807) is 44.2 Å². The molecule has 0 spiro atoms. The van der Waals surface area contributed by atoms with Crippen LogP contribution in [0.1, 0.15) is 26.3 Å². The number of ether oxygens (including phenoxy) is 2. The molecule has 1 heterocycles. The molecule has 0 saturated carbocycles. The van der Waals surface area contributed by atoms with Gasteiger partial charge in [-0.1, -0.05) is 48.5 Å². The molecule has 3 rings (SSSR count). The van der Waals surface area contributed by atoms with E-state index >= 15 is 0 Å². The molecular weight excluding hydrogens is 597 g/mol. The Kier molecular flexibility index (Phi) is 12.4. The fourth-order valence-corrected chi connectivity index (χ4v) is 6.63. The number of nitrogens with zero attached hydrogens (tertiary/aromatic N) is 1. The van der Waals surface area contributed by atoms with Crippen LogP contribution < -0.4 is 14.9 Å². The number of amides is 2. The van der Waals surface area contributed by atoms with Gasteiger partial charge in [0.05, 0.1) is 12.7 Å². The van der Waals surface area contributed by atoms with Crippen LogP contribution in [-0.2, 0) is 41.8 Å². The smallest absolute Gasteiger partial charge is 0.324 e. The molecule has 1 fully saturated rings. The van der Waals surface area contributed by atoms with Crippen LogP contribution >= 0.6 is 6.64 Å². The van der Waals surface area contributed by atoms with Crippen LogP contribution in [0.15, 0.2) is 72.9 Å². The van der Waals surface area contributed by atoms with Gasteiger partial charge in [0.25, 0.3) is 0 Å². The highest BCUT2D eigenvalue weighted by Crippen LogP contribution is 2.47. The summed E-state index contributed by atoms with van der Waals surface area (Å²) in [6, 6.07) is 16.3. The van der Waals surface area contributed by atoms with Crippen molar-refractivity contribution in [3.05, 3.63) is 78.5 Å². The number of hydrogen-bond acceptors (Lipinski definition) is 10. The number of aliphatic hydroxyl groups excluding tert-OH is 1. The van der Waals surface area contributed by atoms with E-state index in [2.05, 4.69) is 10.4 Å². The molecule has 1 aliphatic heterocycles. The van der Waals surface area contributed by atoms with E-state index in [4.69, 9.17) is 30.3 Å². The molecule has 0 radical (unpaired) electrons. The minimum Gasteiger partial charge on any atom is -0.462 e. The normalized spacial score (nSPS) is 23.8. The van der Waals surface area contributed by atoms with Crippen molar-refractivity contribution in [3.8, 4) is 5.75 Å². The minimum absolute atomic E-state index is 0.218. The van der Waals surface area contributed by atoms with Gasteiger partial charge in [0.2, 0.25) is 0 Å². The monoisotopic (exact) mass is 635 g/mol. The molecule has 234 valence electrons. The molecule has 0 aromatic heterocycles. The molecule has 2 amide bonds. The number of benzene rings is 2. The maximum absolute atomic E-state index is 13.2. The number of allylic oxidation sites excluding steroid dienone is 1. The molecule has 2 aromatic carbocycles. The van der Waals surface area contributed by atoms with Crippen LogP contribution in [0.4, 0.5) is 4.79 Å². The number of hydrogen-bond donors (Lipinski definition) is 4. The first-order valence-corrected chi connectivity index (χ1v) is 16.2. The molecule has 6 atom stereocenters. The van der Waals surface area contributed by atoms with Crippen LogP contribution in [-0.4, -0.2) is 83.2 Å². The summed E-state index contributed by atoms with van der Waals surface area (Å²) in [6.45, 7) is 0.790. The van der Waals surface area contributed by atoms with E-state index in [-0.39, 0.29) is 19.1 Å². The lowest BCUT2D eigenvalue weighted by molar-refractivity contribution is -0.149. The van der Waals surface area contributed by atoms with Crippen LogP contribution in [0.2, 0.25) is 0 Å². The van der Waals surface area contributed by atoms with Gasteiger partial charge in [-0.15, -0.1) is 0 Å². The average Bonchev–Trinajstić information content (AvgIpc) is 3.20. The third-order valence-corrected chi connectivity index (χ3v) is 8.82. The fourth-order valence-electron chi connectivity index (χ4n) is 4.31. The first-order chi connectivity index (χ1) is 20.4. The molecule has 2 aromatic rings. The Bertz CT molecular complexity index is 1300. The van der Waals surface area contributed by atoms with Gasteiger partial charge in [-0.05, 0) is 62.8 Å². The lowest BCUT2D eigenvalue weighted by Crippen LogP contribution is -2.54. The molecule has 0 aliphatic carbocycles. The molecule has 0 bridgehead atoms. The van der Waals surface area contributed by atoms with Gasteiger partial charge in [0.15, 0.2) is 6.23 Å². The molecule has 1 aliphatic rings. The van der Waals surface area contributed by atoms with Crippen molar-refractivity contribution in [1.82, 2.24) is 15.3 Å². The summed E-state index contributed by atoms with van der Waals surface area (Å²) in [6.07, 6.45) is -1.66. The quantitative estimate of drug-likeness (QED) is 0.105. The largest absolute Gasteiger partial charge is 0.462 e. The molecule has 2 unspecified atom stereocenters. The van der Waals surface area contributed by atoms with Crippen molar-refractivity contribution < 1.29 is 43.1 Å². The fraction of sp³-hybridized carbons (Fsp3) is 0.414. The minimum atomic E-state index is -3.58. The van der Waals surface area contributed by atoms with Crippen LogP contribution in [0.3, 0.4) is 0 Å². The number of aliphatic hydroxyl groups is 2. The predicted octanol–water partition coefficient (Wildman–Crippen LogP) is 2.65. The van der Waals surface area contributed by atoms with E-state index in [9.17, 15) is 24.6 Å². The van der Waals surface area contributed by atoms with Crippen LogP contribution in [0.5, 0.6) is 5.75 Å². The van der Waals surface area contributed by atoms with Crippen molar-refractivity contribution in [2.75, 3.05) is 13.7 Å². The van der Waals surface area contributed by atoms with Crippen molar-refractivity contribution in [1.29, 1.82) is 0 Å². The first kappa shape index (κ1) is 34.3. The number of nitrogens with one attached hydrogen (secondary N) is 2. The Morgan fingerprint density at radius 2 is 1.79 bits per heavy atom. The maximum Gasteiger partial charge on any atom is 0.324 e. The van der Waals surface area contributed by atoms with Gasteiger partial charge in [-0.2, -0.15) is 0 Å². The molecule has 4 N–H and O–H groups in total. The third-order valence-electron chi connectivity index (χ3n) is 6.39. The maximum atomic E-state index is 13.2. The molecule has 43 heavy (non-hydrogen) atoms. The van der Waals surface area contributed by atoms with E-state index in [1.165, 1.54) is 14.0 Å². The van der Waals surface area contributed by atoms with Gasteiger partial charge in [-0.3, -0.25) is 14.5 Å². The molecule has 1 saturated heterocycles. The standard InChI is InChI=1S/C29H38N3O9PS/c1-20(2)39-26(35)23(18-21-12-7-5-8-13-21)31-42(43,41-22-14-9-6-10-15-22)38-19-24-25(34)29(3,37)27(40-24)32(16-11-17-33)28(36)30-4/h5-17,20,23-25,27,34,37H,18-19H2,1-4H3,(H,30,36)(H,31,43)/b16-11-/t23?,24-,25-,27-,29-,42?/m1/s1. The highest BCUT2D eigenvalue weighted by molar-refractivity contribution is 8.09. The summed E-state index contributed by atoms with van der Waals surface area (Å²) in [5.74, 6) is -0.187. The second kappa shape index (κ2) is 15.5. The van der Waals surface area contributed by atoms with Gasteiger partial charge < -0.3 is 34.1 Å². The summed E-state index contributed by atoms with van der Waals surface area (Å²) >= 11 is 5.86. The van der Waals surface area contributed by atoms with Gasteiger partial charge in [-0.25, -0.2) is 9.88 Å². The summed E-state index contributed by atoms with van der Waals surface area (Å²) in [7, 11) is 1.36. The SMILES string of the molecule is CNC(=O)N(/C=C\C=O)[C@@H]1O[C@H](COP(=S)(NC(Cc2ccccc2)C(=O)OC(C)C)Oc2ccccc2)[C@@H](O)[C@@]1(C)O. The zero-order valence-electron chi connectivity index (χ0n) is 24.4. The van der Waals surface area contributed by atoms with E-state index in [0.717, 1.165) is 22.7 Å². The van der Waals surface area contributed by atoms with Crippen LogP contribution in [0.25, 0.3) is 0 Å². The van der Waals surface area contributed by atoms with E-state index < -0.39 is 48.7 Å². The number of esters is 1. The van der Waals surface area contributed by atoms with E-state index in [0.29, 0.717) is 12.0 Å². The van der Waals surface area contributed by atoms with Crippen molar-refractivity contribution in [3.63, 3.8) is 0 Å². The van der Waals surface area contributed by atoms with Crippen LogP contribution in [0, 0.1) is 0 Å². The Hall–Kier alpha value is -3.16. The Balaban J connectivity index is 1.89. The summed E-state index contributed by atoms with van der Waals surface area (Å²) in [4.78, 5) is 37.5. The third kappa shape index (κ3) is 9.41. The zero-order valence-corrected chi connectivity index (χ0v) is 26.1. The number of urea groups is 1. The second-order valence-electron chi connectivity index (χ2n) is 10.2. The average molecular weight is 636 g/mol. The van der Waals surface area contributed by atoms with Gasteiger partial charge in [0.1, 0.15) is 35.9 Å². The van der Waals surface area contributed by atoms with Gasteiger partial charge in [0, 0.05) is 13.2 Å². The predicted molar refractivity (Wildman–Crippen MR) is 162 cm³/mol. The lowest BCUT2D eigenvalue weighted by Gasteiger charge is -2.33. The van der Waals surface area contributed by atoms with Crippen molar-refractivity contribution in [2.45, 2.75) is 63.4 Å². The second-order valence-corrected chi connectivity index (χ2v) is 13.3. The topological polar surface area (TPSA) is 156 Å². The number of para-hydroxylation sites is 1. The highest BCUT2D eigenvalue weighted by atomic mass is 32.5. The van der Waals surface area contributed by atoms with E-state index in [1.807, 2.05) is 30.3 Å².